The maximum atomic E-state index is 6.48. The highest BCUT2D eigenvalue weighted by Crippen LogP contribution is 2.33. The number of halogens is 1. The van der Waals surface area contributed by atoms with Crippen LogP contribution in [0.3, 0.4) is 0 Å². The molecule has 1 fully saturated rings. The molecule has 1 N–H and O–H groups in total. The maximum Gasteiger partial charge on any atom is 0.176 e. The van der Waals surface area contributed by atoms with Gasteiger partial charge in [0.1, 0.15) is 5.76 Å². The highest BCUT2D eigenvalue weighted by Gasteiger charge is 2.24. The standard InChI is InChI=1S/C26H32ClN3O3S/c1-18-8-9-22(21(27)16-18)28-26(34)30(11-5-10-29-12-14-32-15-13-29)19(2)24-17-20-6-4-7-23(31-3)25(20)33-24/h4,6-9,16-17,19H,5,10-15H2,1-3H3,(H,28,34)/t19-/m1/s1. The van der Waals surface area contributed by atoms with Gasteiger partial charge in [-0.1, -0.05) is 29.8 Å². The van der Waals surface area contributed by atoms with Gasteiger partial charge in [0, 0.05) is 31.6 Å². The highest BCUT2D eigenvalue weighted by atomic mass is 35.5. The Labute approximate surface area is 211 Å². The van der Waals surface area contributed by atoms with Crippen LogP contribution >= 0.6 is 23.8 Å². The Morgan fingerprint density at radius 2 is 2.03 bits per heavy atom. The first-order valence-electron chi connectivity index (χ1n) is 11.7. The number of hydrogen-bond acceptors (Lipinski definition) is 5. The van der Waals surface area contributed by atoms with Crippen molar-refractivity contribution < 1.29 is 13.9 Å². The Kier molecular flexibility index (Phi) is 8.32. The fourth-order valence-electron chi connectivity index (χ4n) is 4.25. The summed E-state index contributed by atoms with van der Waals surface area (Å²) >= 11 is 12.4. The molecule has 0 spiro atoms. The molecular weight excluding hydrogens is 470 g/mol. The highest BCUT2D eigenvalue weighted by molar-refractivity contribution is 7.80. The van der Waals surface area contributed by atoms with Gasteiger partial charge in [0.25, 0.3) is 0 Å². The predicted molar refractivity (Wildman–Crippen MR) is 142 cm³/mol. The molecule has 182 valence electrons. The summed E-state index contributed by atoms with van der Waals surface area (Å²) in [6.45, 7) is 9.45. The molecule has 0 bridgehead atoms. The minimum Gasteiger partial charge on any atom is -0.493 e. The van der Waals surface area contributed by atoms with E-state index < -0.39 is 0 Å². The number of thiocarbonyl (C=S) groups is 1. The number of ether oxygens (including phenoxy) is 2. The molecule has 0 saturated carbocycles. The molecule has 1 aliphatic heterocycles. The maximum absolute atomic E-state index is 6.48. The minimum atomic E-state index is -0.0778. The van der Waals surface area contributed by atoms with Crippen LogP contribution in [0.25, 0.3) is 11.0 Å². The van der Waals surface area contributed by atoms with E-state index in [-0.39, 0.29) is 6.04 Å². The average molecular weight is 502 g/mol. The van der Waals surface area contributed by atoms with Gasteiger partial charge in [0.2, 0.25) is 0 Å². The topological polar surface area (TPSA) is 50.1 Å². The van der Waals surface area contributed by atoms with Gasteiger partial charge in [0.05, 0.1) is 37.1 Å². The van der Waals surface area contributed by atoms with E-state index in [1.54, 1.807) is 7.11 Å². The van der Waals surface area contributed by atoms with Gasteiger partial charge < -0.3 is 24.1 Å². The number of hydrogen-bond donors (Lipinski definition) is 1. The number of furan rings is 1. The van der Waals surface area contributed by atoms with Crippen molar-refractivity contribution in [2.75, 3.05) is 51.8 Å². The molecule has 4 rings (SSSR count). The summed E-state index contributed by atoms with van der Waals surface area (Å²) in [6, 6.07) is 13.8. The van der Waals surface area contributed by atoms with Gasteiger partial charge in [-0.05, 0) is 62.3 Å². The quantitative estimate of drug-likeness (QED) is 0.386. The van der Waals surface area contributed by atoms with E-state index in [9.17, 15) is 0 Å². The summed E-state index contributed by atoms with van der Waals surface area (Å²) in [5.74, 6) is 1.56. The molecule has 2 aromatic carbocycles. The van der Waals surface area contributed by atoms with E-state index in [4.69, 9.17) is 37.7 Å². The molecule has 1 atom stereocenters. The fourth-order valence-corrected chi connectivity index (χ4v) is 4.89. The summed E-state index contributed by atoms with van der Waals surface area (Å²) in [5.41, 5.74) is 2.66. The molecule has 0 amide bonds. The fraction of sp³-hybridized carbons (Fsp3) is 0.423. The first-order valence-corrected chi connectivity index (χ1v) is 12.4. The van der Waals surface area contributed by atoms with E-state index in [1.807, 2.05) is 43.3 Å². The molecule has 1 aliphatic rings. The van der Waals surface area contributed by atoms with Crippen LogP contribution in [0.15, 0.2) is 46.9 Å². The first-order chi connectivity index (χ1) is 16.5. The van der Waals surface area contributed by atoms with E-state index in [2.05, 4.69) is 28.1 Å². The third kappa shape index (κ3) is 5.84. The lowest BCUT2D eigenvalue weighted by Gasteiger charge is -2.32. The summed E-state index contributed by atoms with van der Waals surface area (Å²) in [4.78, 5) is 4.61. The zero-order chi connectivity index (χ0) is 24.1. The van der Waals surface area contributed by atoms with E-state index in [1.165, 1.54) is 0 Å². The van der Waals surface area contributed by atoms with Crippen LogP contribution < -0.4 is 10.1 Å². The summed E-state index contributed by atoms with van der Waals surface area (Å²) in [7, 11) is 1.66. The normalized spacial score (nSPS) is 15.3. The van der Waals surface area contributed by atoms with Crippen LogP contribution in [0.5, 0.6) is 5.75 Å². The van der Waals surface area contributed by atoms with E-state index in [0.29, 0.717) is 10.1 Å². The van der Waals surface area contributed by atoms with E-state index in [0.717, 1.165) is 79.5 Å². The van der Waals surface area contributed by atoms with Gasteiger partial charge in [-0.25, -0.2) is 0 Å². The van der Waals surface area contributed by atoms with Crippen LogP contribution in [0.4, 0.5) is 5.69 Å². The van der Waals surface area contributed by atoms with Crippen molar-refractivity contribution in [1.82, 2.24) is 9.80 Å². The average Bonchev–Trinajstić information content (AvgIpc) is 3.28. The van der Waals surface area contributed by atoms with E-state index >= 15 is 0 Å². The molecule has 0 aliphatic carbocycles. The molecule has 1 saturated heterocycles. The van der Waals surface area contributed by atoms with Crippen molar-refractivity contribution in [1.29, 1.82) is 0 Å². The third-order valence-corrected chi connectivity index (χ3v) is 6.88. The Bertz CT molecular complexity index is 1130. The molecule has 0 unspecified atom stereocenters. The molecule has 3 aromatic rings. The lowest BCUT2D eigenvalue weighted by atomic mass is 10.2. The van der Waals surface area contributed by atoms with Crippen molar-refractivity contribution >= 4 is 45.6 Å². The monoisotopic (exact) mass is 501 g/mol. The zero-order valence-electron chi connectivity index (χ0n) is 20.0. The van der Waals surface area contributed by atoms with Crippen molar-refractivity contribution in [3.8, 4) is 5.75 Å². The first kappa shape index (κ1) is 24.8. The second-order valence-corrected chi connectivity index (χ2v) is 9.41. The largest absolute Gasteiger partial charge is 0.493 e. The summed E-state index contributed by atoms with van der Waals surface area (Å²) in [6.07, 6.45) is 0.970. The van der Waals surface area contributed by atoms with Crippen LogP contribution in [0.1, 0.15) is 30.7 Å². The number of fused-ring (bicyclic) bond motifs is 1. The Morgan fingerprint density at radius 3 is 2.76 bits per heavy atom. The molecule has 34 heavy (non-hydrogen) atoms. The van der Waals surface area contributed by atoms with Crippen molar-refractivity contribution in [2.45, 2.75) is 26.3 Å². The van der Waals surface area contributed by atoms with Gasteiger partial charge in [0.15, 0.2) is 16.4 Å². The summed E-state index contributed by atoms with van der Waals surface area (Å²) in [5, 5.41) is 5.64. The van der Waals surface area contributed by atoms with Gasteiger partial charge in [-0.2, -0.15) is 0 Å². The predicted octanol–water partition coefficient (Wildman–Crippen LogP) is 5.89. The number of methoxy groups -OCH3 is 1. The van der Waals surface area contributed by atoms with Crippen LogP contribution in [0, 0.1) is 6.92 Å². The van der Waals surface area contributed by atoms with Crippen molar-refractivity contribution in [3.05, 3.63) is 58.8 Å². The van der Waals surface area contributed by atoms with Gasteiger partial charge in [-0.15, -0.1) is 0 Å². The van der Waals surface area contributed by atoms with Crippen LogP contribution in [0.2, 0.25) is 5.02 Å². The Balaban J connectivity index is 1.54. The Hall–Kier alpha value is -2.32. The second kappa shape index (κ2) is 11.4. The number of aryl methyl sites for hydroxylation is 1. The SMILES string of the molecule is COc1cccc2cc([C@@H](C)N(CCCN3CCOCC3)C(=S)Nc3ccc(C)cc3Cl)oc12. The molecule has 2 heterocycles. The number of benzene rings is 2. The second-order valence-electron chi connectivity index (χ2n) is 8.62. The molecule has 0 radical (unpaired) electrons. The van der Waals surface area contributed by atoms with Gasteiger partial charge >= 0.3 is 0 Å². The minimum absolute atomic E-state index is 0.0778. The van der Waals surface area contributed by atoms with Crippen molar-refractivity contribution in [3.63, 3.8) is 0 Å². The number of para-hydroxylation sites is 1. The number of morpholine rings is 1. The van der Waals surface area contributed by atoms with Gasteiger partial charge in [-0.3, -0.25) is 4.90 Å². The number of rotatable bonds is 8. The number of nitrogens with zero attached hydrogens (tertiary/aromatic N) is 2. The molecule has 6 nitrogen and oxygen atoms in total. The van der Waals surface area contributed by atoms with Crippen molar-refractivity contribution in [2.24, 2.45) is 0 Å². The Morgan fingerprint density at radius 1 is 1.24 bits per heavy atom. The molecule has 1 aromatic heterocycles. The summed E-state index contributed by atoms with van der Waals surface area (Å²) < 4.78 is 17.2. The smallest absolute Gasteiger partial charge is 0.176 e. The third-order valence-electron chi connectivity index (χ3n) is 6.23. The molecule has 8 heteroatoms. The molecular formula is C26H32ClN3O3S. The van der Waals surface area contributed by atoms with Crippen LogP contribution in [-0.2, 0) is 4.74 Å². The lowest BCUT2D eigenvalue weighted by Crippen LogP contribution is -2.41. The number of anilines is 1. The zero-order valence-corrected chi connectivity index (χ0v) is 21.5. The number of nitrogens with one attached hydrogen (secondary N) is 1. The lowest BCUT2D eigenvalue weighted by molar-refractivity contribution is 0.0365. The van der Waals surface area contributed by atoms with Crippen LogP contribution in [-0.4, -0.2) is 61.4 Å².